The van der Waals surface area contributed by atoms with Crippen molar-refractivity contribution in [3.63, 3.8) is 0 Å². The maximum absolute atomic E-state index is 13.2. The molecule has 0 fully saturated rings. The lowest BCUT2D eigenvalue weighted by Crippen LogP contribution is -2.48. The van der Waals surface area contributed by atoms with Crippen molar-refractivity contribution in [2.24, 2.45) is 11.1 Å². The third-order valence-electron chi connectivity index (χ3n) is 5.15. The Bertz CT molecular complexity index is 1000. The fourth-order valence-electron chi connectivity index (χ4n) is 4.17. The molecule has 6 nitrogen and oxygen atoms in total. The van der Waals surface area contributed by atoms with Crippen LogP contribution in [0.4, 0.5) is 5.69 Å². The second-order valence-electron chi connectivity index (χ2n) is 7.59. The summed E-state index contributed by atoms with van der Waals surface area (Å²) in [5.74, 6) is -0.390. The molecule has 2 aliphatic heterocycles. The van der Waals surface area contributed by atoms with Crippen LogP contribution in [-0.2, 0) is 19.7 Å². The molecule has 3 aliphatic rings. The third-order valence-corrected chi connectivity index (χ3v) is 5.64. The van der Waals surface area contributed by atoms with Crippen LogP contribution >= 0.6 is 15.9 Å². The Balaban J connectivity index is 2.10. The zero-order valence-electron chi connectivity index (χ0n) is 14.3. The monoisotopic (exact) mass is 413 g/mol. The summed E-state index contributed by atoms with van der Waals surface area (Å²) in [6, 6.07) is 7.30. The van der Waals surface area contributed by atoms with Gasteiger partial charge in [0.1, 0.15) is 22.8 Å². The lowest BCUT2D eigenvalue weighted by Gasteiger charge is -2.41. The number of nitriles is 1. The Hall–Kier alpha value is -2.59. The summed E-state index contributed by atoms with van der Waals surface area (Å²) < 4.78 is 6.42. The van der Waals surface area contributed by atoms with Crippen LogP contribution in [0.15, 0.2) is 45.5 Å². The number of rotatable bonds is 0. The van der Waals surface area contributed by atoms with E-state index in [1.165, 1.54) is 0 Å². The minimum absolute atomic E-state index is 0.0429. The highest BCUT2D eigenvalue weighted by molar-refractivity contribution is 9.10. The number of fused-ring (bicyclic) bond motifs is 3. The zero-order valence-corrected chi connectivity index (χ0v) is 15.9. The van der Waals surface area contributed by atoms with Gasteiger partial charge in [-0.1, -0.05) is 29.8 Å². The molecule has 7 heteroatoms. The van der Waals surface area contributed by atoms with Crippen molar-refractivity contribution >= 4 is 33.3 Å². The Morgan fingerprint density at radius 1 is 1.31 bits per heavy atom. The van der Waals surface area contributed by atoms with Gasteiger partial charge in [0.25, 0.3) is 0 Å². The molecule has 1 atom stereocenters. The fraction of sp³-hybridized carbons (Fsp3) is 0.316. The fourth-order valence-corrected chi connectivity index (χ4v) is 4.53. The second-order valence-corrected chi connectivity index (χ2v) is 8.50. The van der Waals surface area contributed by atoms with Crippen LogP contribution in [0.25, 0.3) is 0 Å². The maximum Gasteiger partial charge on any atom is 0.245 e. The van der Waals surface area contributed by atoms with Gasteiger partial charge in [0, 0.05) is 28.6 Å². The van der Waals surface area contributed by atoms with Crippen LogP contribution in [0.3, 0.4) is 0 Å². The van der Waals surface area contributed by atoms with Crippen LogP contribution in [0.1, 0.15) is 32.3 Å². The molecule has 0 saturated heterocycles. The molecule has 26 heavy (non-hydrogen) atoms. The van der Waals surface area contributed by atoms with Gasteiger partial charge in [-0.2, -0.15) is 5.26 Å². The number of carbonyl (C=O) groups is 2. The number of ketones is 1. The summed E-state index contributed by atoms with van der Waals surface area (Å²) in [7, 11) is 0. The standard InChI is InChI=1S/C19H16BrN3O3/c1-18(2)6-13(24)15-14(7-18)26-16(22)11(8-21)19(15)10-5-9(20)3-4-12(10)23-17(19)25/h3-5H,6-7,22H2,1-2H3,(H,23,25). The number of halogens is 1. The molecular formula is C19H16BrN3O3. The highest BCUT2D eigenvalue weighted by Gasteiger charge is 2.60. The molecule has 132 valence electrons. The number of benzene rings is 1. The van der Waals surface area contributed by atoms with Crippen LogP contribution in [0.5, 0.6) is 0 Å². The van der Waals surface area contributed by atoms with Crippen molar-refractivity contribution in [1.29, 1.82) is 5.26 Å². The molecule has 1 amide bonds. The van der Waals surface area contributed by atoms with E-state index in [4.69, 9.17) is 10.5 Å². The zero-order chi connectivity index (χ0) is 18.9. The van der Waals surface area contributed by atoms with Crippen LogP contribution in [-0.4, -0.2) is 11.7 Å². The first-order valence-corrected chi connectivity index (χ1v) is 8.96. The predicted molar refractivity (Wildman–Crippen MR) is 97.4 cm³/mol. The third kappa shape index (κ3) is 2.02. The molecule has 1 aromatic carbocycles. The Morgan fingerprint density at radius 2 is 2.04 bits per heavy atom. The van der Waals surface area contributed by atoms with E-state index in [1.807, 2.05) is 19.9 Å². The number of allylic oxidation sites excluding steroid dienone is 1. The quantitative estimate of drug-likeness (QED) is 0.679. The van der Waals surface area contributed by atoms with E-state index in [0.717, 1.165) is 4.47 Å². The van der Waals surface area contributed by atoms with E-state index in [2.05, 4.69) is 21.2 Å². The number of hydrogen-bond acceptors (Lipinski definition) is 5. The van der Waals surface area contributed by atoms with Crippen LogP contribution < -0.4 is 11.1 Å². The number of Topliss-reactive ketones (excluding diaryl/α,β-unsaturated/α-hetero) is 1. The Morgan fingerprint density at radius 3 is 2.73 bits per heavy atom. The SMILES string of the molecule is CC1(C)CC(=O)C2=C(C1)OC(N)=C(C#N)C21C(=O)Nc2ccc(Br)cc21. The smallest absolute Gasteiger partial charge is 0.245 e. The number of nitrogens with zero attached hydrogens (tertiary/aromatic N) is 1. The second kappa shape index (κ2) is 5.21. The number of ether oxygens (including phenoxy) is 1. The van der Waals surface area contributed by atoms with E-state index < -0.39 is 11.3 Å². The Kier molecular flexibility index (Phi) is 3.38. The number of nitrogens with one attached hydrogen (secondary N) is 1. The van der Waals surface area contributed by atoms with Crippen molar-refractivity contribution in [1.82, 2.24) is 0 Å². The van der Waals surface area contributed by atoms with Gasteiger partial charge in [0.2, 0.25) is 11.8 Å². The number of nitrogens with two attached hydrogens (primary N) is 1. The van der Waals surface area contributed by atoms with Crippen LogP contribution in [0.2, 0.25) is 0 Å². The van der Waals surface area contributed by atoms with Gasteiger partial charge >= 0.3 is 0 Å². The normalized spacial score (nSPS) is 26.2. The van der Waals surface area contributed by atoms with E-state index in [0.29, 0.717) is 23.4 Å². The maximum atomic E-state index is 13.2. The summed E-state index contributed by atoms with van der Waals surface area (Å²) in [5.41, 5.74) is 5.47. The molecule has 0 bridgehead atoms. The van der Waals surface area contributed by atoms with Crippen molar-refractivity contribution in [3.8, 4) is 6.07 Å². The molecule has 2 heterocycles. The first-order chi connectivity index (χ1) is 12.2. The van der Waals surface area contributed by atoms with E-state index in [9.17, 15) is 14.9 Å². The largest absolute Gasteiger partial charge is 0.444 e. The molecule has 0 saturated carbocycles. The van der Waals surface area contributed by atoms with E-state index >= 15 is 0 Å². The van der Waals surface area contributed by atoms with Gasteiger partial charge in [-0.15, -0.1) is 0 Å². The Labute approximate surface area is 158 Å². The van der Waals surface area contributed by atoms with Gasteiger partial charge in [0.05, 0.1) is 5.57 Å². The highest BCUT2D eigenvalue weighted by Crippen LogP contribution is 2.56. The van der Waals surface area contributed by atoms with Gasteiger partial charge in [-0.3, -0.25) is 9.59 Å². The summed E-state index contributed by atoms with van der Waals surface area (Å²) in [4.78, 5) is 26.3. The van der Waals surface area contributed by atoms with Crippen molar-refractivity contribution in [2.75, 3.05) is 5.32 Å². The summed E-state index contributed by atoms with van der Waals surface area (Å²) in [6.45, 7) is 3.92. The molecule has 1 spiro atoms. The van der Waals surface area contributed by atoms with Gasteiger partial charge < -0.3 is 15.8 Å². The topological polar surface area (TPSA) is 105 Å². The molecule has 1 unspecified atom stereocenters. The number of anilines is 1. The van der Waals surface area contributed by atoms with Gasteiger partial charge in [-0.05, 0) is 23.6 Å². The molecule has 0 aromatic heterocycles. The van der Waals surface area contributed by atoms with Crippen molar-refractivity contribution in [2.45, 2.75) is 32.1 Å². The summed E-state index contributed by atoms with van der Waals surface area (Å²) >= 11 is 3.41. The molecule has 4 rings (SSSR count). The summed E-state index contributed by atoms with van der Waals surface area (Å²) in [6.07, 6.45) is 0.734. The molecular weight excluding hydrogens is 398 g/mol. The number of amides is 1. The van der Waals surface area contributed by atoms with Gasteiger partial charge in [-0.25, -0.2) is 0 Å². The van der Waals surface area contributed by atoms with E-state index in [-0.39, 0.29) is 34.6 Å². The lowest BCUT2D eigenvalue weighted by molar-refractivity contribution is -0.124. The van der Waals surface area contributed by atoms with E-state index in [1.54, 1.807) is 18.2 Å². The summed E-state index contributed by atoms with van der Waals surface area (Å²) in [5, 5.41) is 12.6. The first-order valence-electron chi connectivity index (χ1n) is 8.17. The number of hydrogen-bond donors (Lipinski definition) is 2. The molecule has 1 aliphatic carbocycles. The van der Waals surface area contributed by atoms with Crippen LogP contribution in [0, 0.1) is 16.7 Å². The minimum atomic E-state index is -1.56. The number of carbonyl (C=O) groups excluding carboxylic acids is 2. The minimum Gasteiger partial charge on any atom is -0.444 e. The lowest BCUT2D eigenvalue weighted by atomic mass is 9.62. The predicted octanol–water partition coefficient (Wildman–Crippen LogP) is 3.01. The van der Waals surface area contributed by atoms with Crippen molar-refractivity contribution < 1.29 is 14.3 Å². The molecule has 0 radical (unpaired) electrons. The highest BCUT2D eigenvalue weighted by atomic mass is 79.9. The molecule has 3 N–H and O–H groups in total. The first kappa shape index (κ1) is 16.9. The average Bonchev–Trinajstić information content (AvgIpc) is 2.79. The molecule has 1 aromatic rings. The van der Waals surface area contributed by atoms with Crippen molar-refractivity contribution in [3.05, 3.63) is 51.0 Å². The van der Waals surface area contributed by atoms with Gasteiger partial charge in [0.15, 0.2) is 5.78 Å². The average molecular weight is 414 g/mol.